The Balaban J connectivity index is 1.96. The van der Waals surface area contributed by atoms with Gasteiger partial charge in [0.1, 0.15) is 5.75 Å². The van der Waals surface area contributed by atoms with Crippen LogP contribution in [0.2, 0.25) is 0 Å². The molecule has 1 heterocycles. The summed E-state index contributed by atoms with van der Waals surface area (Å²) < 4.78 is 10.3. The van der Waals surface area contributed by atoms with Crippen molar-refractivity contribution in [3.63, 3.8) is 0 Å². The number of rotatable bonds is 3. The molecule has 15 heavy (non-hydrogen) atoms. The van der Waals surface area contributed by atoms with Crippen molar-refractivity contribution in [2.45, 2.75) is 6.61 Å². The van der Waals surface area contributed by atoms with Crippen LogP contribution in [0, 0.1) is 0 Å². The third-order valence-electron chi connectivity index (χ3n) is 1.72. The number of benzene rings is 1. The highest BCUT2D eigenvalue weighted by Crippen LogP contribution is 2.14. The second-order valence-electron chi connectivity index (χ2n) is 2.89. The average Bonchev–Trinajstić information content (AvgIpc) is 2.64. The third-order valence-corrected chi connectivity index (χ3v) is 1.72. The van der Waals surface area contributed by atoms with E-state index in [4.69, 9.17) is 20.6 Å². The number of hydrogen-bond donors (Lipinski definition) is 2. The Bertz CT molecular complexity index is 438. The number of aromatic nitrogens is 2. The largest absolute Gasteiger partial charge is 0.484 e. The molecule has 0 spiro atoms. The molecule has 2 rings (SSSR count). The molecule has 0 aliphatic rings. The molecule has 0 fully saturated rings. The lowest BCUT2D eigenvalue weighted by molar-refractivity contribution is 0.265. The van der Waals surface area contributed by atoms with Crippen molar-refractivity contribution in [1.29, 1.82) is 0 Å². The molecule has 1 aromatic carbocycles. The first-order valence-electron chi connectivity index (χ1n) is 4.30. The maximum Gasteiger partial charge on any atom is 0.312 e. The maximum absolute atomic E-state index is 5.52. The Morgan fingerprint density at radius 3 is 2.47 bits per heavy atom. The predicted molar refractivity (Wildman–Crippen MR) is 53.9 cm³/mol. The average molecular weight is 206 g/mol. The van der Waals surface area contributed by atoms with Crippen LogP contribution in [-0.4, -0.2) is 10.2 Å². The number of ether oxygens (including phenoxy) is 1. The Morgan fingerprint density at radius 1 is 1.13 bits per heavy atom. The van der Waals surface area contributed by atoms with Gasteiger partial charge in [-0.05, 0) is 24.3 Å². The van der Waals surface area contributed by atoms with Gasteiger partial charge < -0.3 is 20.6 Å². The standard InChI is InChI=1S/C9H10N4O2/c10-6-1-3-7(4-2-6)14-5-8-12-13-9(11)15-8/h1-4H,5,10H2,(H2,11,13). The first kappa shape index (κ1) is 9.32. The summed E-state index contributed by atoms with van der Waals surface area (Å²) in [6, 6.07) is 7.05. The van der Waals surface area contributed by atoms with Gasteiger partial charge in [-0.25, -0.2) is 0 Å². The van der Waals surface area contributed by atoms with E-state index in [1.807, 2.05) is 0 Å². The quantitative estimate of drug-likeness (QED) is 0.721. The van der Waals surface area contributed by atoms with Crippen molar-refractivity contribution in [3.05, 3.63) is 30.2 Å². The molecule has 0 aliphatic heterocycles. The van der Waals surface area contributed by atoms with Crippen LogP contribution < -0.4 is 16.2 Å². The summed E-state index contributed by atoms with van der Waals surface area (Å²) in [5.41, 5.74) is 11.5. The zero-order valence-electron chi connectivity index (χ0n) is 7.88. The van der Waals surface area contributed by atoms with Crippen LogP contribution in [0.25, 0.3) is 0 Å². The van der Waals surface area contributed by atoms with E-state index in [1.165, 1.54) is 0 Å². The molecule has 6 nitrogen and oxygen atoms in total. The lowest BCUT2D eigenvalue weighted by atomic mass is 10.3. The minimum Gasteiger partial charge on any atom is -0.484 e. The van der Waals surface area contributed by atoms with Crippen molar-refractivity contribution in [2.24, 2.45) is 0 Å². The molecule has 2 aromatic rings. The van der Waals surface area contributed by atoms with Gasteiger partial charge in [0.2, 0.25) is 0 Å². The molecule has 0 atom stereocenters. The first-order chi connectivity index (χ1) is 7.24. The van der Waals surface area contributed by atoms with Crippen LogP contribution >= 0.6 is 0 Å². The van der Waals surface area contributed by atoms with Crippen LogP contribution in [-0.2, 0) is 6.61 Å². The molecule has 0 bridgehead atoms. The predicted octanol–water partition coefficient (Wildman–Crippen LogP) is 0.813. The highest BCUT2D eigenvalue weighted by molar-refractivity contribution is 5.41. The van der Waals surface area contributed by atoms with Crippen LogP contribution in [0.4, 0.5) is 11.7 Å². The summed E-state index contributed by atoms with van der Waals surface area (Å²) in [5, 5.41) is 7.16. The zero-order valence-corrected chi connectivity index (χ0v) is 7.88. The van der Waals surface area contributed by atoms with Crippen molar-refractivity contribution < 1.29 is 9.15 Å². The molecule has 0 saturated carbocycles. The van der Waals surface area contributed by atoms with Crippen molar-refractivity contribution in [2.75, 3.05) is 11.5 Å². The number of nitrogens with two attached hydrogens (primary N) is 2. The highest BCUT2D eigenvalue weighted by Gasteiger charge is 2.03. The van der Waals surface area contributed by atoms with Gasteiger partial charge in [0.05, 0.1) is 0 Å². The molecular formula is C9H10N4O2. The van der Waals surface area contributed by atoms with Gasteiger partial charge in [-0.3, -0.25) is 0 Å². The fourth-order valence-electron chi connectivity index (χ4n) is 1.03. The third kappa shape index (κ3) is 2.37. The highest BCUT2D eigenvalue weighted by atomic mass is 16.5. The van der Waals surface area contributed by atoms with Gasteiger partial charge in [-0.15, -0.1) is 5.10 Å². The molecule has 1 aromatic heterocycles. The molecule has 78 valence electrons. The van der Waals surface area contributed by atoms with E-state index in [2.05, 4.69) is 10.2 Å². The monoisotopic (exact) mass is 206 g/mol. The van der Waals surface area contributed by atoms with E-state index in [9.17, 15) is 0 Å². The SMILES string of the molecule is Nc1ccc(OCc2nnc(N)o2)cc1. The second kappa shape index (κ2) is 3.87. The van der Waals surface area contributed by atoms with Crippen molar-refractivity contribution >= 4 is 11.7 Å². The van der Waals surface area contributed by atoms with Crippen LogP contribution in [0.1, 0.15) is 5.89 Å². The van der Waals surface area contributed by atoms with Gasteiger partial charge in [-0.2, -0.15) is 0 Å². The van der Waals surface area contributed by atoms with E-state index in [1.54, 1.807) is 24.3 Å². The maximum atomic E-state index is 5.52. The van der Waals surface area contributed by atoms with Gasteiger partial charge in [0.25, 0.3) is 5.89 Å². The Morgan fingerprint density at radius 2 is 1.87 bits per heavy atom. The van der Waals surface area contributed by atoms with E-state index in [-0.39, 0.29) is 12.6 Å². The topological polar surface area (TPSA) is 100 Å². The number of hydrogen-bond acceptors (Lipinski definition) is 6. The molecule has 0 radical (unpaired) electrons. The number of anilines is 2. The van der Waals surface area contributed by atoms with E-state index in [0.717, 1.165) is 0 Å². The van der Waals surface area contributed by atoms with E-state index >= 15 is 0 Å². The summed E-state index contributed by atoms with van der Waals surface area (Å²) in [5.74, 6) is 1.02. The summed E-state index contributed by atoms with van der Waals surface area (Å²) in [4.78, 5) is 0. The molecule has 6 heteroatoms. The van der Waals surface area contributed by atoms with Crippen molar-refractivity contribution in [1.82, 2.24) is 10.2 Å². The second-order valence-corrected chi connectivity index (χ2v) is 2.89. The number of nitrogens with zero attached hydrogens (tertiary/aromatic N) is 2. The first-order valence-corrected chi connectivity index (χ1v) is 4.30. The normalized spacial score (nSPS) is 10.1. The Labute approximate surface area is 85.8 Å². The fourth-order valence-corrected chi connectivity index (χ4v) is 1.03. The Hall–Kier alpha value is -2.24. The number of nitrogen functional groups attached to an aromatic ring is 2. The molecule has 4 N–H and O–H groups in total. The molecule has 0 aliphatic carbocycles. The summed E-state index contributed by atoms with van der Waals surface area (Å²) in [7, 11) is 0. The fraction of sp³-hybridized carbons (Fsp3) is 0.111. The van der Waals surface area contributed by atoms with E-state index in [0.29, 0.717) is 17.3 Å². The molecule has 0 amide bonds. The summed E-state index contributed by atoms with van der Waals surface area (Å²) >= 11 is 0. The van der Waals surface area contributed by atoms with Crippen LogP contribution in [0.3, 0.4) is 0 Å². The zero-order chi connectivity index (χ0) is 10.7. The van der Waals surface area contributed by atoms with Crippen LogP contribution in [0.5, 0.6) is 5.75 Å². The van der Waals surface area contributed by atoms with Crippen molar-refractivity contribution in [3.8, 4) is 5.75 Å². The van der Waals surface area contributed by atoms with Gasteiger partial charge in [0.15, 0.2) is 6.61 Å². The van der Waals surface area contributed by atoms with Gasteiger partial charge in [-0.1, -0.05) is 5.10 Å². The molecular weight excluding hydrogens is 196 g/mol. The minimum atomic E-state index is 0.0332. The van der Waals surface area contributed by atoms with Gasteiger partial charge in [0, 0.05) is 5.69 Å². The van der Waals surface area contributed by atoms with Gasteiger partial charge >= 0.3 is 6.01 Å². The van der Waals surface area contributed by atoms with Crippen LogP contribution in [0.15, 0.2) is 28.7 Å². The summed E-state index contributed by atoms with van der Waals surface area (Å²) in [6.45, 7) is 0.189. The molecule has 0 unspecified atom stereocenters. The lowest BCUT2D eigenvalue weighted by Gasteiger charge is -2.02. The minimum absolute atomic E-state index is 0.0332. The smallest absolute Gasteiger partial charge is 0.312 e. The lowest BCUT2D eigenvalue weighted by Crippen LogP contribution is -1.95. The van der Waals surface area contributed by atoms with E-state index < -0.39 is 0 Å². The Kier molecular flexibility index (Phi) is 2.40. The summed E-state index contributed by atoms with van der Waals surface area (Å²) in [6.07, 6.45) is 0. The molecule has 0 saturated heterocycles.